The molecule has 0 aliphatic carbocycles. The Labute approximate surface area is 146 Å². The van der Waals surface area contributed by atoms with Crippen molar-refractivity contribution < 1.29 is 9.53 Å². The summed E-state index contributed by atoms with van der Waals surface area (Å²) in [4.78, 5) is 14.6. The Morgan fingerprint density at radius 1 is 1.21 bits per heavy atom. The number of ether oxygens (including phenoxy) is 1. The predicted molar refractivity (Wildman–Crippen MR) is 98.5 cm³/mol. The zero-order valence-electron chi connectivity index (χ0n) is 15.6. The molecule has 0 atom stereocenters. The van der Waals surface area contributed by atoms with Gasteiger partial charge in [0.1, 0.15) is 5.75 Å². The number of rotatable bonds is 6. The molecule has 0 bridgehead atoms. The van der Waals surface area contributed by atoms with Crippen LogP contribution in [0.15, 0.2) is 24.3 Å². The van der Waals surface area contributed by atoms with Crippen molar-refractivity contribution in [1.29, 1.82) is 0 Å². The number of nitrogens with zero attached hydrogens (tertiary/aromatic N) is 1. The number of nitrogens with one attached hydrogen (secondary N) is 1. The van der Waals surface area contributed by atoms with Crippen LogP contribution in [0.5, 0.6) is 5.75 Å². The highest BCUT2D eigenvalue weighted by atomic mass is 16.5. The van der Waals surface area contributed by atoms with Crippen LogP contribution in [0.2, 0.25) is 0 Å². The molecule has 4 heteroatoms. The van der Waals surface area contributed by atoms with Crippen molar-refractivity contribution >= 4 is 5.91 Å². The molecule has 4 nitrogen and oxygen atoms in total. The molecule has 1 fully saturated rings. The average Bonchev–Trinajstić information content (AvgIpc) is 2.58. The molecule has 0 spiro atoms. The number of carbonyl (C=O) groups is 1. The van der Waals surface area contributed by atoms with Gasteiger partial charge in [0.15, 0.2) is 6.61 Å². The molecule has 2 rings (SSSR count). The Morgan fingerprint density at radius 3 is 2.38 bits per heavy atom. The van der Waals surface area contributed by atoms with Crippen LogP contribution in [0, 0.1) is 0 Å². The van der Waals surface area contributed by atoms with Gasteiger partial charge in [-0.1, -0.05) is 39.8 Å². The van der Waals surface area contributed by atoms with Crippen molar-refractivity contribution in [3.05, 3.63) is 29.8 Å². The number of hydrogen-bond acceptors (Lipinski definition) is 3. The smallest absolute Gasteiger partial charge is 0.260 e. The molecule has 1 saturated heterocycles. The molecule has 0 radical (unpaired) electrons. The molecule has 1 amide bonds. The van der Waals surface area contributed by atoms with E-state index in [1.54, 1.807) is 0 Å². The first kappa shape index (κ1) is 18.8. The van der Waals surface area contributed by atoms with E-state index in [1.807, 2.05) is 17.0 Å². The van der Waals surface area contributed by atoms with Crippen LogP contribution in [0.1, 0.15) is 52.5 Å². The van der Waals surface area contributed by atoms with Gasteiger partial charge in [0.05, 0.1) is 0 Å². The summed E-state index contributed by atoms with van der Waals surface area (Å²) in [6.07, 6.45) is 3.05. The monoisotopic (exact) mass is 332 g/mol. The highest BCUT2D eigenvalue weighted by Gasteiger charge is 2.24. The molecule has 1 aliphatic rings. The minimum atomic E-state index is 0.101. The third-order valence-electron chi connectivity index (χ3n) is 4.62. The first-order valence-corrected chi connectivity index (χ1v) is 9.15. The molecule has 1 aliphatic heterocycles. The highest BCUT2D eigenvalue weighted by molar-refractivity contribution is 5.78. The Balaban J connectivity index is 1.92. The van der Waals surface area contributed by atoms with E-state index in [4.69, 9.17) is 4.74 Å². The average molecular weight is 332 g/mol. The van der Waals surface area contributed by atoms with E-state index in [9.17, 15) is 4.79 Å². The normalized spacial score (nSPS) is 16.0. The van der Waals surface area contributed by atoms with Gasteiger partial charge in [0.25, 0.3) is 5.91 Å². The third-order valence-corrected chi connectivity index (χ3v) is 4.62. The van der Waals surface area contributed by atoms with Crippen LogP contribution >= 0.6 is 0 Å². The van der Waals surface area contributed by atoms with E-state index >= 15 is 0 Å². The molecule has 1 aromatic rings. The van der Waals surface area contributed by atoms with Crippen molar-refractivity contribution in [1.82, 2.24) is 10.2 Å². The van der Waals surface area contributed by atoms with Gasteiger partial charge in [0.2, 0.25) is 0 Å². The van der Waals surface area contributed by atoms with E-state index in [2.05, 4.69) is 45.1 Å². The lowest BCUT2D eigenvalue weighted by atomic mass is 9.87. The molecular formula is C20H32N2O2. The van der Waals surface area contributed by atoms with Gasteiger partial charge in [-0.05, 0) is 55.5 Å². The van der Waals surface area contributed by atoms with Crippen molar-refractivity contribution in [3.63, 3.8) is 0 Å². The first-order chi connectivity index (χ1) is 11.4. The van der Waals surface area contributed by atoms with Crippen LogP contribution in [0.3, 0.4) is 0 Å². The van der Waals surface area contributed by atoms with E-state index in [0.29, 0.717) is 6.04 Å². The summed E-state index contributed by atoms with van der Waals surface area (Å²) < 4.78 is 5.75. The molecule has 0 unspecified atom stereocenters. The lowest BCUT2D eigenvalue weighted by Gasteiger charge is -2.34. The van der Waals surface area contributed by atoms with Crippen molar-refractivity contribution in [2.75, 3.05) is 26.2 Å². The van der Waals surface area contributed by atoms with Crippen molar-refractivity contribution in [2.24, 2.45) is 0 Å². The quantitative estimate of drug-likeness (QED) is 0.868. The second-order valence-electron chi connectivity index (χ2n) is 7.63. The number of benzene rings is 1. The highest BCUT2D eigenvalue weighted by Crippen LogP contribution is 2.24. The zero-order chi connectivity index (χ0) is 17.6. The van der Waals surface area contributed by atoms with Crippen molar-refractivity contribution in [2.45, 2.75) is 58.4 Å². The van der Waals surface area contributed by atoms with E-state index in [0.717, 1.165) is 44.6 Å². The van der Waals surface area contributed by atoms with E-state index < -0.39 is 0 Å². The topological polar surface area (TPSA) is 41.6 Å². The van der Waals surface area contributed by atoms with Crippen LogP contribution in [-0.2, 0) is 10.2 Å². The molecule has 1 N–H and O–H groups in total. The maximum atomic E-state index is 12.6. The molecule has 0 saturated carbocycles. The Morgan fingerprint density at radius 2 is 1.83 bits per heavy atom. The number of hydrogen-bond donors (Lipinski definition) is 1. The maximum Gasteiger partial charge on any atom is 0.260 e. The molecule has 1 heterocycles. The van der Waals surface area contributed by atoms with Crippen LogP contribution in [0.25, 0.3) is 0 Å². The lowest BCUT2D eigenvalue weighted by molar-refractivity contribution is -0.136. The summed E-state index contributed by atoms with van der Waals surface area (Å²) in [5.74, 6) is 0.863. The predicted octanol–water partition coefficient (Wildman–Crippen LogP) is 3.35. The van der Waals surface area contributed by atoms with Gasteiger partial charge >= 0.3 is 0 Å². The second kappa shape index (κ2) is 8.52. The van der Waals surface area contributed by atoms with Crippen LogP contribution in [-0.4, -0.2) is 43.1 Å². The van der Waals surface area contributed by atoms with Crippen LogP contribution in [0.4, 0.5) is 0 Å². The molecular weight excluding hydrogens is 300 g/mol. The van der Waals surface area contributed by atoms with Gasteiger partial charge in [-0.3, -0.25) is 4.79 Å². The summed E-state index contributed by atoms with van der Waals surface area (Å²) in [6, 6.07) is 8.43. The van der Waals surface area contributed by atoms with Gasteiger partial charge in [-0.25, -0.2) is 0 Å². The summed E-state index contributed by atoms with van der Waals surface area (Å²) in [5, 5.41) is 3.36. The maximum absolute atomic E-state index is 12.6. The number of piperidine rings is 1. The minimum Gasteiger partial charge on any atom is -0.484 e. The minimum absolute atomic E-state index is 0.101. The number of amides is 1. The SMILES string of the molecule is CCCN(C(=O)COc1ccc(C(C)(C)C)cc1)C1CCNCC1. The fourth-order valence-electron chi connectivity index (χ4n) is 3.15. The zero-order valence-corrected chi connectivity index (χ0v) is 15.6. The van der Waals surface area contributed by atoms with E-state index in [-0.39, 0.29) is 17.9 Å². The molecule has 0 aromatic heterocycles. The summed E-state index contributed by atoms with van der Waals surface area (Å²) in [6.45, 7) is 11.6. The van der Waals surface area contributed by atoms with Gasteiger partial charge in [-0.15, -0.1) is 0 Å². The first-order valence-electron chi connectivity index (χ1n) is 9.15. The summed E-state index contributed by atoms with van der Waals surface area (Å²) in [5.41, 5.74) is 1.39. The van der Waals surface area contributed by atoms with Gasteiger partial charge in [-0.2, -0.15) is 0 Å². The fraction of sp³-hybridized carbons (Fsp3) is 0.650. The molecule has 24 heavy (non-hydrogen) atoms. The Bertz CT molecular complexity index is 513. The van der Waals surface area contributed by atoms with Crippen LogP contribution < -0.4 is 10.1 Å². The molecule has 134 valence electrons. The largest absolute Gasteiger partial charge is 0.484 e. The lowest BCUT2D eigenvalue weighted by Crippen LogP contribution is -2.48. The summed E-state index contributed by atoms with van der Waals surface area (Å²) >= 11 is 0. The second-order valence-corrected chi connectivity index (χ2v) is 7.63. The van der Waals surface area contributed by atoms with Crippen molar-refractivity contribution in [3.8, 4) is 5.75 Å². The summed E-state index contributed by atoms with van der Waals surface area (Å²) in [7, 11) is 0. The Hall–Kier alpha value is -1.55. The Kier molecular flexibility index (Phi) is 6.67. The van der Waals surface area contributed by atoms with Gasteiger partial charge < -0.3 is 15.0 Å². The number of carbonyl (C=O) groups excluding carboxylic acids is 1. The van der Waals surface area contributed by atoms with E-state index in [1.165, 1.54) is 5.56 Å². The molecule has 1 aromatic carbocycles. The van der Waals surface area contributed by atoms with Gasteiger partial charge in [0, 0.05) is 12.6 Å². The standard InChI is InChI=1S/C20H32N2O2/c1-5-14-22(17-10-12-21-13-11-17)19(23)15-24-18-8-6-16(7-9-18)20(2,3)4/h6-9,17,21H,5,10-15H2,1-4H3. The third kappa shape index (κ3) is 5.23. The fourth-order valence-corrected chi connectivity index (χ4v) is 3.15.